The zero-order valence-corrected chi connectivity index (χ0v) is 10.5. The molecule has 0 unspecified atom stereocenters. The van der Waals surface area contributed by atoms with Crippen LogP contribution in [0.1, 0.15) is 31.9 Å². The van der Waals surface area contributed by atoms with Gasteiger partial charge in [-0.25, -0.2) is 4.39 Å². The van der Waals surface area contributed by atoms with Crippen molar-refractivity contribution in [3.05, 3.63) is 53.6 Å². The van der Waals surface area contributed by atoms with Crippen molar-refractivity contribution in [1.82, 2.24) is 0 Å². The van der Waals surface area contributed by atoms with Crippen LogP contribution < -0.4 is 0 Å². The van der Waals surface area contributed by atoms with Crippen molar-refractivity contribution in [2.75, 3.05) is 0 Å². The van der Waals surface area contributed by atoms with Crippen molar-refractivity contribution >= 4 is 5.57 Å². The molecular formula is C15H19F. The van der Waals surface area contributed by atoms with Gasteiger partial charge in [0.2, 0.25) is 0 Å². The highest BCUT2D eigenvalue weighted by atomic mass is 19.1. The highest BCUT2D eigenvalue weighted by molar-refractivity contribution is 5.81. The maximum absolute atomic E-state index is 13.9. The predicted octanol–water partition coefficient (Wildman–Crippen LogP) is 4.70. The molecule has 0 radical (unpaired) electrons. The molecule has 1 aromatic carbocycles. The molecule has 0 aromatic heterocycles. The van der Waals surface area contributed by atoms with Gasteiger partial charge in [-0.05, 0) is 50.0 Å². The fourth-order valence-corrected chi connectivity index (χ4v) is 1.69. The topological polar surface area (TPSA) is 0 Å². The second-order valence-corrected chi connectivity index (χ2v) is 4.47. The standard InChI is InChI=1S/C15H19F/c1-6-13(12(3)15(4,5)16)14-10-8-7-9-11(14)2/h6-10H,3H2,1-2,4-5H3/b13-6+. The van der Waals surface area contributed by atoms with E-state index >= 15 is 0 Å². The molecule has 1 aromatic rings. The molecule has 86 valence electrons. The Morgan fingerprint density at radius 3 is 2.31 bits per heavy atom. The smallest absolute Gasteiger partial charge is 0.130 e. The SMILES string of the molecule is C=C(/C(=C\C)c1ccccc1C)C(C)(C)F. The van der Waals surface area contributed by atoms with Crippen LogP contribution in [0.3, 0.4) is 0 Å². The van der Waals surface area contributed by atoms with Crippen LogP contribution >= 0.6 is 0 Å². The summed E-state index contributed by atoms with van der Waals surface area (Å²) in [6.45, 7) is 10.9. The molecule has 0 aliphatic carbocycles. The Kier molecular flexibility index (Phi) is 3.69. The lowest BCUT2D eigenvalue weighted by molar-refractivity contribution is 0.276. The third-order valence-corrected chi connectivity index (χ3v) is 2.77. The first-order valence-electron chi connectivity index (χ1n) is 5.49. The second kappa shape index (κ2) is 4.65. The van der Waals surface area contributed by atoms with E-state index in [2.05, 4.69) is 6.58 Å². The second-order valence-electron chi connectivity index (χ2n) is 4.47. The van der Waals surface area contributed by atoms with Gasteiger partial charge in [-0.1, -0.05) is 36.9 Å². The zero-order valence-electron chi connectivity index (χ0n) is 10.5. The molecule has 0 bridgehead atoms. The molecular weight excluding hydrogens is 199 g/mol. The number of hydrogen-bond donors (Lipinski definition) is 0. The van der Waals surface area contributed by atoms with E-state index in [1.807, 2.05) is 44.2 Å². The summed E-state index contributed by atoms with van der Waals surface area (Å²) in [4.78, 5) is 0. The van der Waals surface area contributed by atoms with Crippen LogP contribution in [-0.4, -0.2) is 5.67 Å². The molecule has 0 amide bonds. The normalized spacial score (nSPS) is 12.7. The summed E-state index contributed by atoms with van der Waals surface area (Å²) < 4.78 is 13.9. The van der Waals surface area contributed by atoms with Gasteiger partial charge in [-0.2, -0.15) is 0 Å². The molecule has 0 fully saturated rings. The summed E-state index contributed by atoms with van der Waals surface area (Å²) in [7, 11) is 0. The fraction of sp³-hybridized carbons (Fsp3) is 0.333. The molecule has 1 heteroatoms. The minimum atomic E-state index is -1.38. The first-order chi connectivity index (χ1) is 7.38. The molecule has 0 saturated heterocycles. The Morgan fingerprint density at radius 2 is 1.88 bits per heavy atom. The molecule has 0 spiro atoms. The van der Waals surface area contributed by atoms with Gasteiger partial charge in [0.25, 0.3) is 0 Å². The molecule has 0 heterocycles. The van der Waals surface area contributed by atoms with Crippen LogP contribution in [0.5, 0.6) is 0 Å². The van der Waals surface area contributed by atoms with E-state index in [1.54, 1.807) is 0 Å². The van der Waals surface area contributed by atoms with Crippen molar-refractivity contribution < 1.29 is 4.39 Å². The molecule has 0 N–H and O–H groups in total. The third-order valence-electron chi connectivity index (χ3n) is 2.77. The Balaban J connectivity index is 3.21. The summed E-state index contributed by atoms with van der Waals surface area (Å²) in [6, 6.07) is 7.97. The van der Waals surface area contributed by atoms with Gasteiger partial charge in [-0.15, -0.1) is 0 Å². The van der Waals surface area contributed by atoms with E-state index in [4.69, 9.17) is 0 Å². The summed E-state index contributed by atoms with van der Waals surface area (Å²) in [5, 5.41) is 0. The number of halogens is 1. The summed E-state index contributed by atoms with van der Waals surface area (Å²) in [6.07, 6.45) is 1.92. The quantitative estimate of drug-likeness (QED) is 0.645. The highest BCUT2D eigenvalue weighted by Gasteiger charge is 2.24. The number of alkyl halides is 1. The van der Waals surface area contributed by atoms with Crippen molar-refractivity contribution in [2.24, 2.45) is 0 Å². The van der Waals surface area contributed by atoms with E-state index in [1.165, 1.54) is 13.8 Å². The summed E-state index contributed by atoms with van der Waals surface area (Å²) >= 11 is 0. The number of aryl methyl sites for hydroxylation is 1. The lowest BCUT2D eigenvalue weighted by atomic mass is 9.87. The van der Waals surface area contributed by atoms with Crippen LogP contribution in [0.4, 0.5) is 4.39 Å². The fourth-order valence-electron chi connectivity index (χ4n) is 1.69. The van der Waals surface area contributed by atoms with Crippen molar-refractivity contribution in [3.63, 3.8) is 0 Å². The van der Waals surface area contributed by atoms with Gasteiger partial charge in [-0.3, -0.25) is 0 Å². The maximum Gasteiger partial charge on any atom is 0.130 e. The summed E-state index contributed by atoms with van der Waals surface area (Å²) in [5.74, 6) is 0. The third kappa shape index (κ3) is 2.60. The van der Waals surface area contributed by atoms with Crippen LogP contribution in [-0.2, 0) is 0 Å². The molecule has 1 rings (SSSR count). The number of benzene rings is 1. The Bertz CT molecular complexity index is 419. The van der Waals surface area contributed by atoms with Crippen LogP contribution in [0, 0.1) is 6.92 Å². The van der Waals surface area contributed by atoms with Gasteiger partial charge < -0.3 is 0 Å². The van der Waals surface area contributed by atoms with Crippen LogP contribution in [0.25, 0.3) is 5.57 Å². The zero-order chi connectivity index (χ0) is 12.3. The average molecular weight is 218 g/mol. The Hall–Kier alpha value is -1.37. The molecule has 0 aliphatic heterocycles. The van der Waals surface area contributed by atoms with E-state index in [0.29, 0.717) is 5.57 Å². The first-order valence-corrected chi connectivity index (χ1v) is 5.49. The molecule has 16 heavy (non-hydrogen) atoms. The van der Waals surface area contributed by atoms with E-state index in [0.717, 1.165) is 16.7 Å². The average Bonchev–Trinajstić information content (AvgIpc) is 2.20. The van der Waals surface area contributed by atoms with Crippen LogP contribution in [0.15, 0.2) is 42.5 Å². The highest BCUT2D eigenvalue weighted by Crippen LogP contribution is 2.33. The molecule has 0 nitrogen and oxygen atoms in total. The monoisotopic (exact) mass is 218 g/mol. The number of rotatable bonds is 3. The minimum Gasteiger partial charge on any atom is -0.239 e. The maximum atomic E-state index is 13.9. The van der Waals surface area contributed by atoms with E-state index in [9.17, 15) is 4.39 Å². The van der Waals surface area contributed by atoms with Gasteiger partial charge in [0.15, 0.2) is 0 Å². The molecule has 0 atom stereocenters. The van der Waals surface area contributed by atoms with Gasteiger partial charge in [0, 0.05) is 0 Å². The van der Waals surface area contributed by atoms with Gasteiger partial charge in [0.1, 0.15) is 5.67 Å². The molecule has 0 aliphatic rings. The van der Waals surface area contributed by atoms with E-state index in [-0.39, 0.29) is 0 Å². The Labute approximate surface area is 97.5 Å². The van der Waals surface area contributed by atoms with Crippen LogP contribution in [0.2, 0.25) is 0 Å². The Morgan fingerprint density at radius 1 is 1.31 bits per heavy atom. The first kappa shape index (κ1) is 12.7. The number of allylic oxidation sites excluding steroid dienone is 3. The lowest BCUT2D eigenvalue weighted by Gasteiger charge is -2.21. The number of hydrogen-bond acceptors (Lipinski definition) is 0. The predicted molar refractivity (Wildman–Crippen MR) is 69.2 cm³/mol. The minimum absolute atomic E-state index is 0.532. The van der Waals surface area contributed by atoms with Gasteiger partial charge in [0.05, 0.1) is 0 Å². The lowest BCUT2D eigenvalue weighted by Crippen LogP contribution is -2.16. The van der Waals surface area contributed by atoms with Crippen molar-refractivity contribution in [2.45, 2.75) is 33.4 Å². The van der Waals surface area contributed by atoms with Crippen molar-refractivity contribution in [3.8, 4) is 0 Å². The largest absolute Gasteiger partial charge is 0.239 e. The summed E-state index contributed by atoms with van der Waals surface area (Å²) in [5.41, 5.74) is 2.24. The van der Waals surface area contributed by atoms with E-state index < -0.39 is 5.67 Å². The molecule has 0 saturated carbocycles. The van der Waals surface area contributed by atoms with Crippen molar-refractivity contribution in [1.29, 1.82) is 0 Å². The van der Waals surface area contributed by atoms with Gasteiger partial charge >= 0.3 is 0 Å².